The van der Waals surface area contributed by atoms with E-state index in [4.69, 9.17) is 4.74 Å². The molecule has 3 rings (SSSR count). The number of aryl methyl sites for hydroxylation is 1. The van der Waals surface area contributed by atoms with Crippen molar-refractivity contribution in [3.8, 4) is 5.75 Å². The fourth-order valence-corrected chi connectivity index (χ4v) is 4.81. The summed E-state index contributed by atoms with van der Waals surface area (Å²) >= 11 is 0. The summed E-state index contributed by atoms with van der Waals surface area (Å²) < 4.78 is 33.5. The highest BCUT2D eigenvalue weighted by Gasteiger charge is 2.28. The van der Waals surface area contributed by atoms with Crippen molar-refractivity contribution >= 4 is 10.0 Å². The first-order valence-electron chi connectivity index (χ1n) is 9.32. The second-order valence-electron chi connectivity index (χ2n) is 6.84. The number of fused-ring (bicyclic) bond motifs is 1. The molecule has 0 bridgehead atoms. The Balaban J connectivity index is 1.74. The van der Waals surface area contributed by atoms with E-state index in [1.165, 1.54) is 5.56 Å². The van der Waals surface area contributed by atoms with Crippen LogP contribution >= 0.6 is 0 Å². The summed E-state index contributed by atoms with van der Waals surface area (Å²) in [7, 11) is -3.50. The van der Waals surface area contributed by atoms with Crippen molar-refractivity contribution in [2.24, 2.45) is 0 Å². The van der Waals surface area contributed by atoms with Gasteiger partial charge >= 0.3 is 0 Å². The van der Waals surface area contributed by atoms with Gasteiger partial charge in [0.05, 0.1) is 11.5 Å². The molecule has 0 unspecified atom stereocenters. The number of unbranched alkanes of at least 4 members (excludes halogenated alkanes) is 2. The lowest BCUT2D eigenvalue weighted by atomic mass is 10.0. The first-order chi connectivity index (χ1) is 12.5. The fourth-order valence-electron chi connectivity index (χ4n) is 3.30. The van der Waals surface area contributed by atoms with E-state index in [2.05, 4.69) is 13.0 Å². The molecule has 0 saturated carbocycles. The van der Waals surface area contributed by atoms with E-state index in [1.807, 2.05) is 25.1 Å². The largest absolute Gasteiger partial charge is 0.493 e. The van der Waals surface area contributed by atoms with Crippen LogP contribution < -0.4 is 4.74 Å². The lowest BCUT2D eigenvalue weighted by Gasteiger charge is -2.28. The number of sulfonamides is 1. The van der Waals surface area contributed by atoms with Crippen molar-refractivity contribution < 1.29 is 13.2 Å². The van der Waals surface area contributed by atoms with E-state index in [0.717, 1.165) is 42.6 Å². The Hall–Kier alpha value is -1.85. The molecular formula is C21H27NO3S. The maximum absolute atomic E-state index is 13.0. The van der Waals surface area contributed by atoms with Crippen LogP contribution in [0.25, 0.3) is 0 Å². The number of ether oxygens (including phenoxy) is 1. The predicted octanol–water partition coefficient (Wildman–Crippen LogP) is 4.31. The Morgan fingerprint density at radius 1 is 1.08 bits per heavy atom. The van der Waals surface area contributed by atoms with Crippen molar-refractivity contribution in [3.63, 3.8) is 0 Å². The zero-order valence-corrected chi connectivity index (χ0v) is 16.4. The third-order valence-corrected chi connectivity index (χ3v) is 6.73. The van der Waals surface area contributed by atoms with Gasteiger partial charge in [0.15, 0.2) is 0 Å². The van der Waals surface area contributed by atoms with E-state index in [9.17, 15) is 8.42 Å². The van der Waals surface area contributed by atoms with Gasteiger partial charge in [0.25, 0.3) is 0 Å². The summed E-state index contributed by atoms with van der Waals surface area (Å²) in [4.78, 5) is 0.343. The molecule has 1 aliphatic rings. The maximum Gasteiger partial charge on any atom is 0.243 e. The van der Waals surface area contributed by atoms with E-state index in [0.29, 0.717) is 24.6 Å². The van der Waals surface area contributed by atoms with Gasteiger partial charge < -0.3 is 4.74 Å². The Kier molecular flexibility index (Phi) is 5.99. The molecule has 0 aliphatic carbocycles. The number of hydrogen-bond acceptors (Lipinski definition) is 3. The summed E-state index contributed by atoms with van der Waals surface area (Å²) in [6, 6.07) is 13.2. The van der Waals surface area contributed by atoms with Crippen molar-refractivity contribution in [1.82, 2.24) is 4.31 Å². The molecular weight excluding hydrogens is 346 g/mol. The van der Waals surface area contributed by atoms with Gasteiger partial charge in [-0.2, -0.15) is 4.31 Å². The first-order valence-corrected chi connectivity index (χ1v) is 10.8. The Bertz CT molecular complexity index is 861. The van der Waals surface area contributed by atoms with Gasteiger partial charge in [0, 0.05) is 13.1 Å². The molecule has 1 aliphatic heterocycles. The summed E-state index contributed by atoms with van der Waals surface area (Å²) in [5.41, 5.74) is 3.20. The van der Waals surface area contributed by atoms with Crippen molar-refractivity contribution in [3.05, 3.63) is 59.2 Å². The molecule has 140 valence electrons. The summed E-state index contributed by atoms with van der Waals surface area (Å²) in [5, 5.41) is 0. The van der Waals surface area contributed by atoms with Gasteiger partial charge in [-0.1, -0.05) is 44.0 Å². The third-order valence-electron chi connectivity index (χ3n) is 4.89. The molecule has 1 heterocycles. The van der Waals surface area contributed by atoms with Crippen LogP contribution in [-0.2, 0) is 23.0 Å². The molecule has 4 nitrogen and oxygen atoms in total. The van der Waals surface area contributed by atoms with Crippen LogP contribution in [0.4, 0.5) is 0 Å². The van der Waals surface area contributed by atoms with Crippen LogP contribution in [0.1, 0.15) is 42.9 Å². The predicted molar refractivity (Wildman–Crippen MR) is 104 cm³/mol. The average Bonchev–Trinajstić information content (AvgIpc) is 2.65. The topological polar surface area (TPSA) is 46.6 Å². The molecule has 0 N–H and O–H groups in total. The minimum absolute atomic E-state index is 0.343. The lowest BCUT2D eigenvalue weighted by Crippen LogP contribution is -2.35. The second kappa shape index (κ2) is 8.23. The Morgan fingerprint density at radius 2 is 1.85 bits per heavy atom. The molecule has 0 radical (unpaired) electrons. The van der Waals surface area contributed by atoms with Crippen molar-refractivity contribution in [2.75, 3.05) is 13.2 Å². The van der Waals surface area contributed by atoms with Gasteiger partial charge in [-0.3, -0.25) is 0 Å². The second-order valence-corrected chi connectivity index (χ2v) is 8.78. The molecule has 26 heavy (non-hydrogen) atoms. The molecule has 0 fully saturated rings. The highest BCUT2D eigenvalue weighted by molar-refractivity contribution is 7.89. The molecule has 2 aromatic rings. The quantitative estimate of drug-likeness (QED) is 0.680. The molecule has 0 amide bonds. The summed E-state index contributed by atoms with van der Waals surface area (Å²) in [6.07, 6.45) is 4.07. The van der Waals surface area contributed by atoms with Crippen LogP contribution in [0.15, 0.2) is 47.4 Å². The molecule has 0 atom stereocenters. The highest BCUT2D eigenvalue weighted by Crippen LogP contribution is 2.28. The van der Waals surface area contributed by atoms with Gasteiger partial charge in [-0.25, -0.2) is 8.42 Å². The van der Waals surface area contributed by atoms with Gasteiger partial charge in [-0.15, -0.1) is 0 Å². The zero-order chi connectivity index (χ0) is 18.6. The number of nitrogens with zero attached hydrogens (tertiary/aromatic N) is 1. The Labute approximate surface area is 156 Å². The van der Waals surface area contributed by atoms with Gasteiger partial charge in [0.2, 0.25) is 10.0 Å². The van der Waals surface area contributed by atoms with Crippen LogP contribution in [0, 0.1) is 6.92 Å². The van der Waals surface area contributed by atoms with Crippen LogP contribution in [0.5, 0.6) is 5.75 Å². The zero-order valence-electron chi connectivity index (χ0n) is 15.6. The normalized spacial score (nSPS) is 14.8. The molecule has 0 saturated heterocycles. The lowest BCUT2D eigenvalue weighted by molar-refractivity contribution is 0.304. The molecule has 5 heteroatoms. The first kappa shape index (κ1) is 18.9. The van der Waals surface area contributed by atoms with Crippen molar-refractivity contribution in [2.45, 2.75) is 51.0 Å². The third kappa shape index (κ3) is 4.10. The van der Waals surface area contributed by atoms with E-state index in [-0.39, 0.29) is 0 Å². The minimum Gasteiger partial charge on any atom is -0.493 e. The molecule has 2 aromatic carbocycles. The number of rotatable bonds is 7. The van der Waals surface area contributed by atoms with E-state index >= 15 is 0 Å². The fraction of sp³-hybridized carbons (Fsp3) is 0.429. The van der Waals surface area contributed by atoms with E-state index < -0.39 is 10.0 Å². The highest BCUT2D eigenvalue weighted by atomic mass is 32.2. The standard InChI is InChI=1S/C21H27NO3S/c1-3-4-7-14-25-21-11-10-20(15-17(21)2)26(23,24)22-13-12-18-8-5-6-9-19(18)16-22/h5-6,8-11,15H,3-4,7,12-14,16H2,1-2H3. The number of hydrogen-bond donors (Lipinski definition) is 0. The monoisotopic (exact) mass is 373 g/mol. The van der Waals surface area contributed by atoms with Crippen LogP contribution in [0.2, 0.25) is 0 Å². The number of benzene rings is 2. The molecule has 0 spiro atoms. The van der Waals surface area contributed by atoms with E-state index in [1.54, 1.807) is 22.5 Å². The Morgan fingerprint density at radius 3 is 2.58 bits per heavy atom. The van der Waals surface area contributed by atoms with Gasteiger partial charge in [-0.05, 0) is 54.7 Å². The smallest absolute Gasteiger partial charge is 0.243 e. The van der Waals surface area contributed by atoms with Gasteiger partial charge in [0.1, 0.15) is 5.75 Å². The van der Waals surface area contributed by atoms with Crippen LogP contribution in [-0.4, -0.2) is 25.9 Å². The average molecular weight is 374 g/mol. The maximum atomic E-state index is 13.0. The summed E-state index contributed by atoms with van der Waals surface area (Å²) in [6.45, 7) is 5.69. The minimum atomic E-state index is -3.50. The molecule has 0 aromatic heterocycles. The summed E-state index contributed by atoms with van der Waals surface area (Å²) in [5.74, 6) is 0.768. The van der Waals surface area contributed by atoms with Crippen molar-refractivity contribution in [1.29, 1.82) is 0 Å². The van der Waals surface area contributed by atoms with Crippen LogP contribution in [0.3, 0.4) is 0 Å². The SMILES string of the molecule is CCCCCOc1ccc(S(=O)(=O)N2CCc3ccccc3C2)cc1C.